The summed E-state index contributed by atoms with van der Waals surface area (Å²) in [5.74, 6) is -3.45. The van der Waals surface area contributed by atoms with E-state index in [1.54, 1.807) is 24.3 Å². The van der Waals surface area contributed by atoms with E-state index in [-0.39, 0.29) is 38.6 Å². The summed E-state index contributed by atoms with van der Waals surface area (Å²) < 4.78 is 37.8. The van der Waals surface area contributed by atoms with Crippen LogP contribution in [0.25, 0.3) is 22.3 Å². The largest absolute Gasteiger partial charge is 0.484 e. The Morgan fingerprint density at radius 2 is 1.04 bits per heavy atom. The number of fused-ring (bicyclic) bond motifs is 16. The standard InChI is InChI=1S/C54H55N5O9S/c60-50-36-68-45-28-21-40(22-29-45)33-47(51(61)55-31-10-32-69(65,66)67)58-52(62)46(30-23-37-11-4-1-5-12-37)57-54(64)49(35-39-19-26-44(27-20-39)42-15-8-3-9-16-42)59-53(63)48(56-50)34-38-17-24-43(25-18-38)41-13-6-2-7-14-41/h1-9,11-22,24-29,46-49H,10,23,30-36H2,(H,55,61)(H,56,60)(H,57,64)(H,58,62)(H,59,63)(H,65,66,67)/t46-,47-,48-,49+/m0/s1. The maximum absolute atomic E-state index is 14.7. The molecule has 6 N–H and O–H groups in total. The van der Waals surface area contributed by atoms with Crippen LogP contribution >= 0.6 is 0 Å². The second-order valence-electron chi connectivity index (χ2n) is 16.9. The van der Waals surface area contributed by atoms with Gasteiger partial charge in [-0.1, -0.05) is 152 Å². The lowest BCUT2D eigenvalue weighted by atomic mass is 9.98. The second kappa shape index (κ2) is 23.9. The smallest absolute Gasteiger partial charge is 0.264 e. The third-order valence-electron chi connectivity index (χ3n) is 11.7. The Morgan fingerprint density at radius 3 is 1.58 bits per heavy atom. The molecule has 0 aromatic heterocycles. The predicted molar refractivity (Wildman–Crippen MR) is 263 cm³/mol. The van der Waals surface area contributed by atoms with E-state index in [2.05, 4.69) is 26.6 Å². The van der Waals surface area contributed by atoms with Crippen LogP contribution in [0.2, 0.25) is 0 Å². The number of ether oxygens (including phenoxy) is 1. The van der Waals surface area contributed by atoms with Crippen LogP contribution in [0.1, 0.15) is 35.1 Å². The number of benzene rings is 6. The normalized spacial score (nSPS) is 18.2. The van der Waals surface area contributed by atoms with Gasteiger partial charge in [0.05, 0.1) is 5.75 Å². The van der Waals surface area contributed by atoms with Gasteiger partial charge in [-0.15, -0.1) is 0 Å². The number of rotatable bonds is 14. The fourth-order valence-electron chi connectivity index (χ4n) is 8.00. The Morgan fingerprint density at radius 1 is 0.565 bits per heavy atom. The fraction of sp³-hybridized carbons (Fsp3) is 0.241. The number of carbonyl (C=O) groups excluding carboxylic acids is 5. The highest BCUT2D eigenvalue weighted by molar-refractivity contribution is 7.85. The lowest BCUT2D eigenvalue weighted by molar-refractivity contribution is -0.134. The van der Waals surface area contributed by atoms with E-state index >= 15 is 0 Å². The Kier molecular flexibility index (Phi) is 17.1. The van der Waals surface area contributed by atoms with Crippen LogP contribution in [-0.4, -0.2) is 85.6 Å². The van der Waals surface area contributed by atoms with Crippen LogP contribution in [0.5, 0.6) is 5.75 Å². The van der Waals surface area contributed by atoms with Gasteiger partial charge in [0.15, 0.2) is 6.61 Å². The SMILES string of the molecule is O=C1COc2ccc(cc2)C[C@@H](C(=O)NCCCS(=O)(=O)O)NC(=O)[C@H](CCc2ccccc2)NC(=O)[C@@H](Cc2ccc(-c3ccccc3)cc2)NC(=O)[C@H](Cc2ccc(-c3ccccc3)cc2)N1. The van der Waals surface area contributed by atoms with Crippen molar-refractivity contribution in [3.63, 3.8) is 0 Å². The molecule has 14 nitrogen and oxygen atoms in total. The molecule has 0 unspecified atom stereocenters. The number of aryl methyl sites for hydroxylation is 1. The fourth-order valence-corrected chi connectivity index (χ4v) is 8.51. The second-order valence-corrected chi connectivity index (χ2v) is 18.5. The average Bonchev–Trinajstić information content (AvgIpc) is 3.36. The third-order valence-corrected chi connectivity index (χ3v) is 12.5. The minimum absolute atomic E-state index is 0.0117. The first-order valence-corrected chi connectivity index (χ1v) is 24.4. The first-order valence-electron chi connectivity index (χ1n) is 22.8. The van der Waals surface area contributed by atoms with Gasteiger partial charge < -0.3 is 31.3 Å². The molecule has 2 bridgehead atoms. The van der Waals surface area contributed by atoms with Gasteiger partial charge >= 0.3 is 0 Å². The molecule has 0 saturated carbocycles. The Labute approximate surface area is 402 Å². The molecule has 4 atom stereocenters. The molecule has 5 amide bonds. The van der Waals surface area contributed by atoms with E-state index < -0.39 is 76.2 Å². The molecule has 2 aliphatic rings. The minimum atomic E-state index is -4.27. The van der Waals surface area contributed by atoms with Gasteiger partial charge in [0, 0.05) is 25.8 Å². The molecule has 0 radical (unpaired) electrons. The molecule has 6 aromatic rings. The Hall–Kier alpha value is -7.62. The van der Waals surface area contributed by atoms with Gasteiger partial charge in [-0.3, -0.25) is 28.5 Å². The van der Waals surface area contributed by atoms with E-state index in [0.717, 1.165) is 33.4 Å². The van der Waals surface area contributed by atoms with Crippen molar-refractivity contribution >= 4 is 39.7 Å². The molecule has 6 aromatic carbocycles. The van der Waals surface area contributed by atoms with Crippen molar-refractivity contribution in [2.24, 2.45) is 0 Å². The molecular weight excluding hydrogens is 895 g/mol. The maximum Gasteiger partial charge on any atom is 0.264 e. The minimum Gasteiger partial charge on any atom is -0.484 e. The monoisotopic (exact) mass is 949 g/mol. The molecule has 0 saturated heterocycles. The summed E-state index contributed by atoms with van der Waals surface area (Å²) in [5.41, 5.74) is 6.88. The van der Waals surface area contributed by atoms with Crippen LogP contribution in [0.4, 0.5) is 0 Å². The summed E-state index contributed by atoms with van der Waals surface area (Å²) in [6.07, 6.45) is 0.467. The van der Waals surface area contributed by atoms with Crippen LogP contribution in [0.3, 0.4) is 0 Å². The third kappa shape index (κ3) is 15.2. The zero-order chi connectivity index (χ0) is 48.6. The lowest BCUT2D eigenvalue weighted by Gasteiger charge is -2.27. The van der Waals surface area contributed by atoms with Gasteiger partial charge in [-0.25, -0.2) is 0 Å². The highest BCUT2D eigenvalue weighted by atomic mass is 32.2. The topological polar surface area (TPSA) is 209 Å². The molecule has 2 aliphatic heterocycles. The zero-order valence-electron chi connectivity index (χ0n) is 37.9. The molecular formula is C54H55N5O9S. The highest BCUT2D eigenvalue weighted by Gasteiger charge is 2.32. The Bertz CT molecular complexity index is 2780. The summed E-state index contributed by atoms with van der Waals surface area (Å²) in [6, 6.07) is 46.0. The van der Waals surface area contributed by atoms with Crippen molar-refractivity contribution in [2.45, 2.75) is 62.7 Å². The first-order chi connectivity index (χ1) is 33.3. The summed E-state index contributed by atoms with van der Waals surface area (Å²) in [4.78, 5) is 71.2. The van der Waals surface area contributed by atoms with Gasteiger partial charge in [-0.05, 0) is 75.9 Å². The number of nitrogens with one attached hydrogen (secondary N) is 5. The number of hydrogen-bond donors (Lipinski definition) is 6. The summed E-state index contributed by atoms with van der Waals surface area (Å²) >= 11 is 0. The number of carbonyl (C=O) groups is 5. The first kappa shape index (κ1) is 49.3. The summed E-state index contributed by atoms with van der Waals surface area (Å²) in [6.45, 7) is -0.552. The molecule has 0 spiro atoms. The molecule has 356 valence electrons. The van der Waals surface area contributed by atoms with Crippen molar-refractivity contribution in [1.29, 1.82) is 0 Å². The van der Waals surface area contributed by atoms with Crippen molar-refractivity contribution in [3.05, 3.63) is 186 Å². The summed E-state index contributed by atoms with van der Waals surface area (Å²) in [5, 5.41) is 14.1. The molecule has 15 heteroatoms. The quantitative estimate of drug-likeness (QED) is 0.0468. The Balaban J connectivity index is 1.21. The number of amides is 5. The van der Waals surface area contributed by atoms with Crippen molar-refractivity contribution in [2.75, 3.05) is 18.9 Å². The molecule has 8 rings (SSSR count). The van der Waals surface area contributed by atoms with Gasteiger partial charge in [0.25, 0.3) is 16.0 Å². The average molecular weight is 950 g/mol. The van der Waals surface area contributed by atoms with E-state index in [9.17, 15) is 36.9 Å². The molecule has 0 aliphatic carbocycles. The van der Waals surface area contributed by atoms with E-state index in [4.69, 9.17) is 4.74 Å². The number of hydrogen-bond acceptors (Lipinski definition) is 8. The van der Waals surface area contributed by atoms with Gasteiger partial charge in [-0.2, -0.15) is 8.42 Å². The van der Waals surface area contributed by atoms with Crippen molar-refractivity contribution in [1.82, 2.24) is 26.6 Å². The van der Waals surface area contributed by atoms with Gasteiger partial charge in [0.1, 0.15) is 29.9 Å². The van der Waals surface area contributed by atoms with Crippen molar-refractivity contribution in [3.8, 4) is 28.0 Å². The van der Waals surface area contributed by atoms with Crippen LogP contribution < -0.4 is 31.3 Å². The zero-order valence-corrected chi connectivity index (χ0v) is 38.7. The summed E-state index contributed by atoms with van der Waals surface area (Å²) in [7, 11) is -4.27. The van der Waals surface area contributed by atoms with Crippen LogP contribution in [-0.2, 0) is 59.8 Å². The highest BCUT2D eigenvalue weighted by Crippen LogP contribution is 2.22. The molecule has 2 heterocycles. The maximum atomic E-state index is 14.7. The van der Waals surface area contributed by atoms with Crippen LogP contribution in [0, 0.1) is 0 Å². The van der Waals surface area contributed by atoms with Crippen molar-refractivity contribution < 1.29 is 41.7 Å². The molecule has 0 fully saturated rings. The van der Waals surface area contributed by atoms with Crippen LogP contribution in [0.15, 0.2) is 164 Å². The van der Waals surface area contributed by atoms with E-state index in [1.165, 1.54) is 0 Å². The predicted octanol–water partition coefficient (Wildman–Crippen LogP) is 5.41. The van der Waals surface area contributed by atoms with Gasteiger partial charge in [0.2, 0.25) is 23.6 Å². The molecule has 69 heavy (non-hydrogen) atoms. The lowest BCUT2D eigenvalue weighted by Crippen LogP contribution is -2.59. The van der Waals surface area contributed by atoms with E-state index in [1.807, 2.05) is 140 Å². The van der Waals surface area contributed by atoms with E-state index in [0.29, 0.717) is 23.3 Å².